The van der Waals surface area contributed by atoms with Crippen LogP contribution in [-0.4, -0.2) is 10.9 Å². The van der Waals surface area contributed by atoms with Crippen LogP contribution in [0.1, 0.15) is 34.1 Å². The van der Waals surface area contributed by atoms with Gasteiger partial charge in [-0.15, -0.1) is 0 Å². The number of halogens is 1. The van der Waals surface area contributed by atoms with E-state index >= 15 is 0 Å². The predicted molar refractivity (Wildman–Crippen MR) is 89.6 cm³/mol. The molecule has 5 heteroatoms. The van der Waals surface area contributed by atoms with Crippen molar-refractivity contribution in [3.8, 4) is 0 Å². The van der Waals surface area contributed by atoms with E-state index in [1.54, 1.807) is 12.1 Å². The maximum Gasteiger partial charge on any atom is 0.255 e. The van der Waals surface area contributed by atoms with Gasteiger partial charge in [0.2, 0.25) is 0 Å². The van der Waals surface area contributed by atoms with Crippen LogP contribution < -0.4 is 11.1 Å². The van der Waals surface area contributed by atoms with Crippen LogP contribution in [-0.2, 0) is 6.42 Å². The molecule has 0 unspecified atom stereocenters. The minimum atomic E-state index is -0.188. The molecule has 0 spiro atoms. The molecular weight excluding hydrogens is 330 g/mol. The van der Waals surface area contributed by atoms with E-state index in [9.17, 15) is 4.79 Å². The standard InChI is InChI=1S/C16H18BrN3O/c1-4-12-7-11(8-14(18)19-12)16(21)20-15-10(3)5-9(2)6-13(15)17/h5-8H,4H2,1-3H3,(H2,18,19)(H,20,21). The summed E-state index contributed by atoms with van der Waals surface area (Å²) in [5.41, 5.74) is 9.99. The van der Waals surface area contributed by atoms with Gasteiger partial charge in [0, 0.05) is 15.7 Å². The van der Waals surface area contributed by atoms with Crippen LogP contribution in [0.2, 0.25) is 0 Å². The van der Waals surface area contributed by atoms with Gasteiger partial charge in [0.15, 0.2) is 0 Å². The highest BCUT2D eigenvalue weighted by molar-refractivity contribution is 9.10. The second kappa shape index (κ2) is 6.26. The molecule has 2 rings (SSSR count). The zero-order valence-electron chi connectivity index (χ0n) is 12.3. The quantitative estimate of drug-likeness (QED) is 0.885. The van der Waals surface area contributed by atoms with Crippen molar-refractivity contribution >= 4 is 33.3 Å². The molecule has 1 heterocycles. The van der Waals surface area contributed by atoms with Gasteiger partial charge in [-0.3, -0.25) is 4.79 Å². The van der Waals surface area contributed by atoms with Crippen molar-refractivity contribution in [3.05, 3.63) is 51.1 Å². The molecule has 110 valence electrons. The van der Waals surface area contributed by atoms with Crippen LogP contribution in [0.3, 0.4) is 0 Å². The van der Waals surface area contributed by atoms with Gasteiger partial charge in [-0.05, 0) is 65.5 Å². The lowest BCUT2D eigenvalue weighted by molar-refractivity contribution is 0.102. The van der Waals surface area contributed by atoms with Crippen LogP contribution >= 0.6 is 15.9 Å². The first kappa shape index (κ1) is 15.5. The number of pyridine rings is 1. The Bertz CT molecular complexity index is 675. The van der Waals surface area contributed by atoms with E-state index in [4.69, 9.17) is 5.73 Å². The Morgan fingerprint density at radius 1 is 1.29 bits per heavy atom. The van der Waals surface area contributed by atoms with Gasteiger partial charge in [0.25, 0.3) is 5.91 Å². The molecule has 1 aromatic carbocycles. The first-order valence-corrected chi connectivity index (χ1v) is 7.54. The van der Waals surface area contributed by atoms with Gasteiger partial charge >= 0.3 is 0 Å². The van der Waals surface area contributed by atoms with Crippen molar-refractivity contribution < 1.29 is 4.79 Å². The number of nitrogen functional groups attached to an aromatic ring is 1. The highest BCUT2D eigenvalue weighted by atomic mass is 79.9. The molecule has 1 aromatic heterocycles. The number of rotatable bonds is 3. The molecule has 2 aromatic rings. The molecular formula is C16H18BrN3O. The fourth-order valence-corrected chi connectivity index (χ4v) is 2.96. The topological polar surface area (TPSA) is 68.0 Å². The number of carbonyl (C=O) groups excluding carboxylic acids is 1. The summed E-state index contributed by atoms with van der Waals surface area (Å²) in [7, 11) is 0. The van der Waals surface area contributed by atoms with Crippen LogP contribution in [0, 0.1) is 13.8 Å². The molecule has 1 amide bonds. The van der Waals surface area contributed by atoms with E-state index in [1.165, 1.54) is 0 Å². The van der Waals surface area contributed by atoms with Crippen molar-refractivity contribution in [3.63, 3.8) is 0 Å². The SMILES string of the molecule is CCc1cc(C(=O)Nc2c(C)cc(C)cc2Br)cc(N)n1. The zero-order chi connectivity index (χ0) is 15.6. The minimum Gasteiger partial charge on any atom is -0.384 e. The minimum absolute atomic E-state index is 0.188. The number of aryl methyl sites for hydroxylation is 3. The summed E-state index contributed by atoms with van der Waals surface area (Å²) in [6, 6.07) is 7.36. The molecule has 0 radical (unpaired) electrons. The number of anilines is 2. The molecule has 3 N–H and O–H groups in total. The predicted octanol–water partition coefficient (Wildman–Crippen LogP) is 3.86. The Morgan fingerprint density at radius 2 is 2.00 bits per heavy atom. The van der Waals surface area contributed by atoms with E-state index in [1.807, 2.05) is 32.9 Å². The molecule has 4 nitrogen and oxygen atoms in total. The first-order chi connectivity index (χ1) is 9.90. The van der Waals surface area contributed by atoms with Crippen LogP contribution in [0.4, 0.5) is 11.5 Å². The lowest BCUT2D eigenvalue weighted by atomic mass is 10.1. The average Bonchev–Trinajstić information content (AvgIpc) is 2.41. The van der Waals surface area contributed by atoms with Gasteiger partial charge < -0.3 is 11.1 Å². The number of nitrogens with one attached hydrogen (secondary N) is 1. The Hall–Kier alpha value is -1.88. The average molecular weight is 348 g/mol. The Labute approximate surface area is 132 Å². The number of hydrogen-bond acceptors (Lipinski definition) is 3. The molecule has 0 aliphatic carbocycles. The molecule has 0 bridgehead atoms. The third kappa shape index (κ3) is 3.61. The molecule has 0 aliphatic heterocycles. The summed E-state index contributed by atoms with van der Waals surface area (Å²) in [5, 5.41) is 2.93. The number of nitrogens with two attached hydrogens (primary N) is 1. The molecule has 0 saturated heterocycles. The molecule has 0 atom stereocenters. The first-order valence-electron chi connectivity index (χ1n) is 6.75. The number of hydrogen-bond donors (Lipinski definition) is 2. The maximum absolute atomic E-state index is 12.4. The van der Waals surface area contributed by atoms with E-state index in [0.29, 0.717) is 11.4 Å². The molecule has 0 saturated carbocycles. The fraction of sp³-hybridized carbons (Fsp3) is 0.250. The van der Waals surface area contributed by atoms with Crippen LogP contribution in [0.5, 0.6) is 0 Å². The number of benzene rings is 1. The van der Waals surface area contributed by atoms with Crippen LogP contribution in [0.15, 0.2) is 28.7 Å². The Balaban J connectivity index is 2.32. The molecule has 0 fully saturated rings. The van der Waals surface area contributed by atoms with Gasteiger partial charge in [-0.1, -0.05) is 13.0 Å². The Kier molecular flexibility index (Phi) is 4.63. The van der Waals surface area contributed by atoms with Crippen molar-refractivity contribution in [2.75, 3.05) is 11.1 Å². The molecule has 21 heavy (non-hydrogen) atoms. The second-order valence-corrected chi connectivity index (χ2v) is 5.87. The third-order valence-corrected chi connectivity index (χ3v) is 3.82. The zero-order valence-corrected chi connectivity index (χ0v) is 13.9. The van der Waals surface area contributed by atoms with Crippen molar-refractivity contribution in [2.45, 2.75) is 27.2 Å². The highest BCUT2D eigenvalue weighted by Crippen LogP contribution is 2.28. The lowest BCUT2D eigenvalue weighted by Crippen LogP contribution is -2.14. The Morgan fingerprint density at radius 3 is 2.62 bits per heavy atom. The van der Waals surface area contributed by atoms with E-state index in [-0.39, 0.29) is 5.91 Å². The summed E-state index contributed by atoms with van der Waals surface area (Å²) in [6.45, 7) is 5.95. The van der Waals surface area contributed by atoms with Crippen LogP contribution in [0.25, 0.3) is 0 Å². The summed E-state index contributed by atoms with van der Waals surface area (Å²) >= 11 is 3.49. The van der Waals surface area contributed by atoms with E-state index in [2.05, 4.69) is 26.2 Å². The second-order valence-electron chi connectivity index (χ2n) is 5.02. The fourth-order valence-electron chi connectivity index (χ4n) is 2.18. The van der Waals surface area contributed by atoms with Crippen molar-refractivity contribution in [1.29, 1.82) is 0 Å². The van der Waals surface area contributed by atoms with Gasteiger partial charge in [-0.2, -0.15) is 0 Å². The summed E-state index contributed by atoms with van der Waals surface area (Å²) in [4.78, 5) is 16.6. The highest BCUT2D eigenvalue weighted by Gasteiger charge is 2.12. The smallest absolute Gasteiger partial charge is 0.255 e. The number of nitrogens with zero attached hydrogens (tertiary/aromatic N) is 1. The van der Waals surface area contributed by atoms with Crippen molar-refractivity contribution in [1.82, 2.24) is 4.98 Å². The van der Waals surface area contributed by atoms with Gasteiger partial charge in [-0.25, -0.2) is 4.98 Å². The molecule has 0 aliphatic rings. The normalized spacial score (nSPS) is 10.5. The third-order valence-electron chi connectivity index (χ3n) is 3.19. The monoisotopic (exact) mass is 347 g/mol. The van der Waals surface area contributed by atoms with E-state index in [0.717, 1.165) is 33.4 Å². The summed E-state index contributed by atoms with van der Waals surface area (Å²) in [6.07, 6.45) is 0.735. The van der Waals surface area contributed by atoms with Crippen molar-refractivity contribution in [2.24, 2.45) is 0 Å². The van der Waals surface area contributed by atoms with Gasteiger partial charge in [0.1, 0.15) is 5.82 Å². The van der Waals surface area contributed by atoms with E-state index < -0.39 is 0 Å². The number of aromatic nitrogens is 1. The van der Waals surface area contributed by atoms with Gasteiger partial charge in [0.05, 0.1) is 5.69 Å². The number of amides is 1. The maximum atomic E-state index is 12.4. The lowest BCUT2D eigenvalue weighted by Gasteiger charge is -2.12. The summed E-state index contributed by atoms with van der Waals surface area (Å²) < 4.78 is 0.867. The number of carbonyl (C=O) groups is 1. The largest absolute Gasteiger partial charge is 0.384 e. The summed E-state index contributed by atoms with van der Waals surface area (Å²) in [5.74, 6) is 0.172.